The fourth-order valence-electron chi connectivity index (χ4n) is 0.718. The van der Waals surface area contributed by atoms with Crippen molar-refractivity contribution in [3.05, 3.63) is 11.0 Å². The molecule has 0 heterocycles. The van der Waals surface area contributed by atoms with Gasteiger partial charge in [0.1, 0.15) is 0 Å². The zero-order valence-electron chi connectivity index (χ0n) is 6.61. The maximum atomic E-state index is 2.31. The molecule has 0 unspecified atom stereocenters. The van der Waals surface area contributed by atoms with E-state index in [2.05, 4.69) is 26.8 Å². The topological polar surface area (TPSA) is 0 Å². The highest BCUT2D eigenvalue weighted by Gasteiger charge is 1.89. The fourth-order valence-corrected chi connectivity index (χ4v) is 1.58. The van der Waals surface area contributed by atoms with E-state index in [0.717, 1.165) is 0 Å². The lowest BCUT2D eigenvalue weighted by molar-refractivity contribution is 1.14. The number of hydrogen-bond acceptors (Lipinski definition) is 1. The molecule has 0 fully saturated rings. The summed E-state index contributed by atoms with van der Waals surface area (Å²) in [6, 6.07) is 0. The maximum Gasteiger partial charge on any atom is -0.00518 e. The average Bonchev–Trinajstić information content (AvgIpc) is 1.88. The molecule has 0 radical (unpaired) electrons. The van der Waals surface area contributed by atoms with E-state index in [1.165, 1.54) is 18.6 Å². The molecule has 0 N–H and O–H groups in total. The average molecular weight is 144 g/mol. The summed E-state index contributed by atoms with van der Waals surface area (Å²) < 4.78 is 0. The third-order valence-electron chi connectivity index (χ3n) is 1.11. The number of rotatable bonds is 4. The fraction of sp³-hybridized carbons (Fsp3) is 0.750. The van der Waals surface area contributed by atoms with Gasteiger partial charge in [0.25, 0.3) is 0 Å². The van der Waals surface area contributed by atoms with Gasteiger partial charge in [0.05, 0.1) is 0 Å². The first-order valence-corrected chi connectivity index (χ1v) is 4.65. The van der Waals surface area contributed by atoms with Crippen molar-refractivity contribution in [2.75, 3.05) is 5.75 Å². The highest BCUT2D eigenvalue weighted by atomic mass is 32.2. The van der Waals surface area contributed by atoms with Crippen LogP contribution in [0, 0.1) is 0 Å². The molecule has 0 rings (SSSR count). The van der Waals surface area contributed by atoms with Crippen LogP contribution in [0.15, 0.2) is 11.0 Å². The van der Waals surface area contributed by atoms with Gasteiger partial charge < -0.3 is 0 Å². The smallest absolute Gasteiger partial charge is 0.00518 e. The van der Waals surface area contributed by atoms with E-state index in [4.69, 9.17) is 0 Å². The Hall–Kier alpha value is 0.0900. The second kappa shape index (κ2) is 6.21. The molecule has 0 aliphatic carbocycles. The number of thioether (sulfide) groups is 1. The first-order valence-electron chi connectivity index (χ1n) is 3.66. The summed E-state index contributed by atoms with van der Waals surface area (Å²) >= 11 is 1.96. The van der Waals surface area contributed by atoms with Crippen molar-refractivity contribution < 1.29 is 0 Å². The van der Waals surface area contributed by atoms with Crippen LogP contribution in [0.1, 0.15) is 33.6 Å². The lowest BCUT2D eigenvalue weighted by Crippen LogP contribution is -1.74. The van der Waals surface area contributed by atoms with Crippen molar-refractivity contribution in [2.45, 2.75) is 33.6 Å². The molecule has 0 aromatic carbocycles. The minimum atomic E-state index is 1.18. The lowest BCUT2D eigenvalue weighted by atomic mass is 10.3. The summed E-state index contributed by atoms with van der Waals surface area (Å²) in [7, 11) is 0. The van der Waals surface area contributed by atoms with Crippen molar-refractivity contribution in [3.63, 3.8) is 0 Å². The molecule has 0 spiro atoms. The second-order valence-corrected chi connectivity index (χ2v) is 3.26. The Bertz CT molecular complexity index is 84.6. The zero-order chi connectivity index (χ0) is 7.11. The highest BCUT2D eigenvalue weighted by Crippen LogP contribution is 2.18. The summed E-state index contributed by atoms with van der Waals surface area (Å²) in [5.41, 5.74) is 0. The summed E-state index contributed by atoms with van der Waals surface area (Å²) in [5.74, 6) is 1.21. The van der Waals surface area contributed by atoms with Gasteiger partial charge in [0.15, 0.2) is 0 Å². The third-order valence-corrected chi connectivity index (χ3v) is 2.22. The van der Waals surface area contributed by atoms with E-state index in [0.29, 0.717) is 0 Å². The van der Waals surface area contributed by atoms with Crippen molar-refractivity contribution in [3.8, 4) is 0 Å². The third kappa shape index (κ3) is 4.58. The predicted octanol–water partition coefficient (Wildman–Crippen LogP) is 3.44. The normalized spacial score (nSPS) is 12.1. The quantitative estimate of drug-likeness (QED) is 0.582. The Morgan fingerprint density at radius 2 is 2.00 bits per heavy atom. The SMILES string of the molecule is CC/C=C(\CC)SCC. The van der Waals surface area contributed by atoms with Gasteiger partial charge in [-0.25, -0.2) is 0 Å². The molecule has 0 saturated carbocycles. The van der Waals surface area contributed by atoms with Crippen LogP contribution < -0.4 is 0 Å². The van der Waals surface area contributed by atoms with Crippen LogP contribution in [0.5, 0.6) is 0 Å². The Balaban J connectivity index is 3.53. The van der Waals surface area contributed by atoms with Gasteiger partial charge in [-0.05, 0) is 23.5 Å². The van der Waals surface area contributed by atoms with Crippen molar-refractivity contribution in [2.24, 2.45) is 0 Å². The molecule has 0 nitrogen and oxygen atoms in total. The molecule has 0 aromatic rings. The summed E-state index contributed by atoms with van der Waals surface area (Å²) in [4.78, 5) is 1.54. The van der Waals surface area contributed by atoms with Gasteiger partial charge in [-0.15, -0.1) is 11.8 Å². The van der Waals surface area contributed by atoms with E-state index in [1.807, 2.05) is 11.8 Å². The van der Waals surface area contributed by atoms with Crippen LogP contribution in [0.25, 0.3) is 0 Å². The van der Waals surface area contributed by atoms with E-state index in [-0.39, 0.29) is 0 Å². The van der Waals surface area contributed by atoms with Gasteiger partial charge in [-0.2, -0.15) is 0 Å². The maximum absolute atomic E-state index is 2.31. The summed E-state index contributed by atoms with van der Waals surface area (Å²) in [5, 5.41) is 0. The van der Waals surface area contributed by atoms with Crippen molar-refractivity contribution in [1.82, 2.24) is 0 Å². The first kappa shape index (κ1) is 9.09. The van der Waals surface area contributed by atoms with Gasteiger partial charge in [-0.3, -0.25) is 0 Å². The van der Waals surface area contributed by atoms with Crippen LogP contribution in [-0.4, -0.2) is 5.75 Å². The molecule has 54 valence electrons. The van der Waals surface area contributed by atoms with Crippen LogP contribution in [-0.2, 0) is 0 Å². The zero-order valence-corrected chi connectivity index (χ0v) is 7.42. The highest BCUT2D eigenvalue weighted by molar-refractivity contribution is 8.03. The van der Waals surface area contributed by atoms with Gasteiger partial charge in [0, 0.05) is 0 Å². The van der Waals surface area contributed by atoms with Crippen LogP contribution in [0.3, 0.4) is 0 Å². The molecule has 0 aliphatic heterocycles. The Kier molecular flexibility index (Phi) is 6.28. The lowest BCUT2D eigenvalue weighted by Gasteiger charge is -1.98. The van der Waals surface area contributed by atoms with E-state index in [1.54, 1.807) is 4.91 Å². The molecule has 0 aromatic heterocycles. The Morgan fingerprint density at radius 3 is 2.33 bits per heavy atom. The van der Waals surface area contributed by atoms with Crippen molar-refractivity contribution in [1.29, 1.82) is 0 Å². The summed E-state index contributed by atoms with van der Waals surface area (Å²) in [6.07, 6.45) is 4.69. The molecule has 0 amide bonds. The van der Waals surface area contributed by atoms with E-state index < -0.39 is 0 Å². The number of hydrogen-bond donors (Lipinski definition) is 0. The monoisotopic (exact) mass is 144 g/mol. The first-order chi connectivity index (χ1) is 4.35. The second-order valence-electron chi connectivity index (χ2n) is 1.87. The van der Waals surface area contributed by atoms with E-state index >= 15 is 0 Å². The van der Waals surface area contributed by atoms with Gasteiger partial charge in [-0.1, -0.05) is 26.8 Å². The van der Waals surface area contributed by atoms with Crippen LogP contribution in [0.4, 0.5) is 0 Å². The molecule has 0 saturated heterocycles. The minimum Gasteiger partial charge on any atom is -0.131 e. The molecule has 1 heteroatoms. The summed E-state index contributed by atoms with van der Waals surface area (Å²) in [6.45, 7) is 6.60. The predicted molar refractivity (Wildman–Crippen MR) is 46.8 cm³/mol. The Labute approximate surface area is 62.7 Å². The molecule has 9 heavy (non-hydrogen) atoms. The minimum absolute atomic E-state index is 1.18. The van der Waals surface area contributed by atoms with Crippen LogP contribution in [0.2, 0.25) is 0 Å². The largest absolute Gasteiger partial charge is 0.131 e. The molecular formula is C8H16S. The van der Waals surface area contributed by atoms with Crippen LogP contribution >= 0.6 is 11.8 Å². The van der Waals surface area contributed by atoms with Gasteiger partial charge in [0.2, 0.25) is 0 Å². The Morgan fingerprint density at radius 1 is 1.33 bits per heavy atom. The molecule has 0 aliphatic rings. The molecule has 0 bridgehead atoms. The van der Waals surface area contributed by atoms with E-state index in [9.17, 15) is 0 Å². The molecule has 0 atom stereocenters. The molecular weight excluding hydrogens is 128 g/mol. The number of allylic oxidation sites excluding steroid dienone is 2. The van der Waals surface area contributed by atoms with Gasteiger partial charge >= 0.3 is 0 Å². The standard InChI is InChI=1S/C8H16S/c1-4-7-8(5-2)9-6-3/h7H,4-6H2,1-3H3/b8-7+. The van der Waals surface area contributed by atoms with Crippen molar-refractivity contribution >= 4 is 11.8 Å².